The molecule has 1 aliphatic carbocycles. The number of carbonyl (C=O) groups excluding carboxylic acids is 1. The van der Waals surface area contributed by atoms with E-state index in [0.29, 0.717) is 0 Å². The van der Waals surface area contributed by atoms with E-state index >= 15 is 0 Å². The molecule has 0 bridgehead atoms. The number of nitrogens with zero attached hydrogens (tertiary/aromatic N) is 1. The second kappa shape index (κ2) is 5.76. The predicted octanol–water partition coefficient (Wildman–Crippen LogP) is 2.61. The number of rotatable bonds is 2. The molecule has 0 radical (unpaired) electrons. The Bertz CT molecular complexity index is 562. The van der Waals surface area contributed by atoms with Gasteiger partial charge in [-0.05, 0) is 25.0 Å². The number of benzene rings is 1. The van der Waals surface area contributed by atoms with Gasteiger partial charge in [-0.25, -0.2) is 4.99 Å². The average Bonchev–Trinajstić information content (AvgIpc) is 2.53. The summed E-state index contributed by atoms with van der Waals surface area (Å²) in [6, 6.07) is 8.04. The minimum atomic E-state index is -0.275. The SMILES string of the molecule is COC(=O)CNC1=Nc2ccccc2NC12CCCCC2. The van der Waals surface area contributed by atoms with Gasteiger partial charge in [-0.2, -0.15) is 0 Å². The Labute approximate surface area is 124 Å². The lowest BCUT2D eigenvalue weighted by molar-refractivity contribution is -0.139. The van der Waals surface area contributed by atoms with Crippen molar-refractivity contribution < 1.29 is 9.53 Å². The van der Waals surface area contributed by atoms with Gasteiger partial charge in [0.2, 0.25) is 0 Å². The molecule has 0 atom stereocenters. The van der Waals surface area contributed by atoms with Gasteiger partial charge in [0.05, 0.1) is 24.0 Å². The zero-order valence-electron chi connectivity index (χ0n) is 12.3. The summed E-state index contributed by atoms with van der Waals surface area (Å²) in [4.78, 5) is 16.2. The lowest BCUT2D eigenvalue weighted by Gasteiger charge is -2.42. The highest BCUT2D eigenvalue weighted by atomic mass is 16.5. The van der Waals surface area contributed by atoms with Crippen molar-refractivity contribution in [2.24, 2.45) is 4.99 Å². The molecule has 1 aliphatic heterocycles. The van der Waals surface area contributed by atoms with Gasteiger partial charge in [-0.15, -0.1) is 0 Å². The Hall–Kier alpha value is -2.04. The number of fused-ring (bicyclic) bond motifs is 1. The van der Waals surface area contributed by atoms with Gasteiger partial charge in [-0.1, -0.05) is 31.4 Å². The number of ether oxygens (including phenoxy) is 1. The molecule has 1 aromatic carbocycles. The molecule has 21 heavy (non-hydrogen) atoms. The minimum absolute atomic E-state index is 0.154. The van der Waals surface area contributed by atoms with Crippen LogP contribution >= 0.6 is 0 Å². The molecule has 2 N–H and O–H groups in total. The third-order valence-corrected chi connectivity index (χ3v) is 4.30. The molecule has 1 saturated carbocycles. The Morgan fingerprint density at radius 3 is 2.86 bits per heavy atom. The number of nitrogens with one attached hydrogen (secondary N) is 2. The van der Waals surface area contributed by atoms with Crippen LogP contribution in [0.15, 0.2) is 29.3 Å². The van der Waals surface area contributed by atoms with Crippen LogP contribution in [0.4, 0.5) is 11.4 Å². The van der Waals surface area contributed by atoms with Gasteiger partial charge in [0, 0.05) is 0 Å². The van der Waals surface area contributed by atoms with Gasteiger partial charge >= 0.3 is 5.97 Å². The van der Waals surface area contributed by atoms with Gasteiger partial charge in [0.1, 0.15) is 12.4 Å². The lowest BCUT2D eigenvalue weighted by atomic mass is 9.79. The third-order valence-electron chi connectivity index (χ3n) is 4.30. The molecule has 1 aromatic rings. The highest BCUT2D eigenvalue weighted by Crippen LogP contribution is 2.39. The van der Waals surface area contributed by atoms with E-state index in [-0.39, 0.29) is 18.1 Å². The number of methoxy groups -OCH3 is 1. The molecular weight excluding hydrogens is 266 g/mol. The summed E-state index contributed by atoms with van der Waals surface area (Å²) in [5.74, 6) is 0.591. The second-order valence-electron chi connectivity index (χ2n) is 5.68. The molecule has 0 amide bonds. The van der Waals surface area contributed by atoms with Crippen molar-refractivity contribution in [2.75, 3.05) is 19.0 Å². The third kappa shape index (κ3) is 2.73. The number of hydrogen-bond donors (Lipinski definition) is 2. The highest BCUT2D eigenvalue weighted by Gasteiger charge is 2.40. The van der Waals surface area contributed by atoms with Crippen LogP contribution in [0.25, 0.3) is 0 Å². The van der Waals surface area contributed by atoms with Crippen molar-refractivity contribution in [1.82, 2.24) is 5.32 Å². The number of aliphatic imine (C=N–C) groups is 1. The van der Waals surface area contributed by atoms with Crippen LogP contribution in [0, 0.1) is 0 Å². The largest absolute Gasteiger partial charge is 0.468 e. The fourth-order valence-corrected chi connectivity index (χ4v) is 3.18. The first-order valence-electron chi connectivity index (χ1n) is 7.51. The van der Waals surface area contributed by atoms with Crippen LogP contribution in [-0.4, -0.2) is 31.0 Å². The van der Waals surface area contributed by atoms with Crippen LogP contribution in [-0.2, 0) is 9.53 Å². The molecule has 5 nitrogen and oxygen atoms in total. The Kier molecular flexibility index (Phi) is 3.82. The van der Waals surface area contributed by atoms with Crippen molar-refractivity contribution in [1.29, 1.82) is 0 Å². The summed E-state index contributed by atoms with van der Waals surface area (Å²) < 4.78 is 4.71. The number of esters is 1. The average molecular weight is 287 g/mol. The van der Waals surface area contributed by atoms with Crippen molar-refractivity contribution in [3.8, 4) is 0 Å². The van der Waals surface area contributed by atoms with E-state index in [4.69, 9.17) is 9.73 Å². The van der Waals surface area contributed by atoms with Gasteiger partial charge in [0.15, 0.2) is 0 Å². The van der Waals surface area contributed by atoms with E-state index in [2.05, 4.69) is 16.7 Å². The number of amidine groups is 1. The van der Waals surface area contributed by atoms with E-state index in [1.807, 2.05) is 18.2 Å². The van der Waals surface area contributed by atoms with Gasteiger partial charge in [0.25, 0.3) is 0 Å². The minimum Gasteiger partial charge on any atom is -0.468 e. The van der Waals surface area contributed by atoms with Crippen LogP contribution in [0.2, 0.25) is 0 Å². The normalized spacial score (nSPS) is 19.2. The molecular formula is C16H21N3O2. The molecule has 2 aliphatic rings. The molecule has 0 aromatic heterocycles. The number of hydrogen-bond acceptors (Lipinski definition) is 5. The molecule has 3 rings (SSSR count). The van der Waals surface area contributed by atoms with E-state index < -0.39 is 0 Å². The first-order valence-corrected chi connectivity index (χ1v) is 7.51. The first-order chi connectivity index (χ1) is 10.2. The van der Waals surface area contributed by atoms with Crippen LogP contribution < -0.4 is 10.6 Å². The molecule has 5 heteroatoms. The maximum absolute atomic E-state index is 11.4. The van der Waals surface area contributed by atoms with Crippen LogP contribution in [0.3, 0.4) is 0 Å². The summed E-state index contributed by atoms with van der Waals surface area (Å²) >= 11 is 0. The summed E-state index contributed by atoms with van der Waals surface area (Å²) in [7, 11) is 1.40. The van der Waals surface area contributed by atoms with E-state index in [1.165, 1.54) is 26.4 Å². The molecule has 112 valence electrons. The van der Waals surface area contributed by atoms with Crippen molar-refractivity contribution in [2.45, 2.75) is 37.6 Å². The zero-order chi connectivity index (χ0) is 14.7. The molecule has 1 heterocycles. The number of anilines is 1. The summed E-state index contributed by atoms with van der Waals surface area (Å²) in [5.41, 5.74) is 1.82. The van der Waals surface area contributed by atoms with Gasteiger partial charge in [-0.3, -0.25) is 4.79 Å². The Morgan fingerprint density at radius 1 is 1.33 bits per heavy atom. The van der Waals surface area contributed by atoms with E-state index in [1.54, 1.807) is 0 Å². The maximum atomic E-state index is 11.4. The zero-order valence-corrected chi connectivity index (χ0v) is 12.3. The van der Waals surface area contributed by atoms with E-state index in [0.717, 1.165) is 30.1 Å². The number of carbonyl (C=O) groups is 1. The van der Waals surface area contributed by atoms with Crippen molar-refractivity contribution in [3.63, 3.8) is 0 Å². The fourth-order valence-electron chi connectivity index (χ4n) is 3.18. The lowest BCUT2D eigenvalue weighted by Crippen LogP contribution is -2.55. The molecule has 0 unspecified atom stereocenters. The van der Waals surface area contributed by atoms with Gasteiger partial charge < -0.3 is 15.4 Å². The van der Waals surface area contributed by atoms with Crippen LogP contribution in [0.5, 0.6) is 0 Å². The Balaban J connectivity index is 1.90. The van der Waals surface area contributed by atoms with Crippen molar-refractivity contribution >= 4 is 23.2 Å². The summed E-state index contributed by atoms with van der Waals surface area (Å²) in [6.07, 6.45) is 5.68. The molecule has 1 spiro atoms. The predicted molar refractivity (Wildman–Crippen MR) is 83.0 cm³/mol. The maximum Gasteiger partial charge on any atom is 0.325 e. The van der Waals surface area contributed by atoms with Crippen LogP contribution in [0.1, 0.15) is 32.1 Å². The van der Waals surface area contributed by atoms with Crippen molar-refractivity contribution in [3.05, 3.63) is 24.3 Å². The molecule has 0 saturated heterocycles. The standard InChI is InChI=1S/C16H21N3O2/c1-21-14(20)11-17-15-16(9-5-2-6-10-16)19-13-8-4-3-7-12(13)18-15/h3-4,7-8,19H,2,5-6,9-11H2,1H3,(H,17,18). The van der Waals surface area contributed by atoms with E-state index in [9.17, 15) is 4.79 Å². The number of para-hydroxylation sites is 2. The fraction of sp³-hybridized carbons (Fsp3) is 0.500. The molecule has 1 fully saturated rings. The second-order valence-corrected chi connectivity index (χ2v) is 5.68. The highest BCUT2D eigenvalue weighted by molar-refractivity contribution is 6.01. The quantitative estimate of drug-likeness (QED) is 0.821. The topological polar surface area (TPSA) is 62.7 Å². The summed E-state index contributed by atoms with van der Waals surface area (Å²) in [5, 5.41) is 6.85. The summed E-state index contributed by atoms with van der Waals surface area (Å²) in [6.45, 7) is 0.154. The Morgan fingerprint density at radius 2 is 2.10 bits per heavy atom. The first kappa shape index (κ1) is 13.9. The smallest absolute Gasteiger partial charge is 0.325 e. The monoisotopic (exact) mass is 287 g/mol.